The molecule has 0 aliphatic carbocycles. The van der Waals surface area contributed by atoms with Crippen LogP contribution in [0.25, 0.3) is 0 Å². The van der Waals surface area contributed by atoms with Crippen LogP contribution in [0.15, 0.2) is 42.5 Å². The number of hydrogen-bond acceptors (Lipinski definition) is 4. The molecule has 2 aromatic rings. The Morgan fingerprint density at radius 3 is 2.48 bits per heavy atom. The van der Waals surface area contributed by atoms with Crippen LogP contribution < -0.4 is 19.7 Å². The predicted octanol–water partition coefficient (Wildman–Crippen LogP) is 4.50. The zero-order valence-electron chi connectivity index (χ0n) is 15.3. The van der Waals surface area contributed by atoms with Crippen LogP contribution in [0.2, 0.25) is 5.02 Å². The van der Waals surface area contributed by atoms with Crippen molar-refractivity contribution < 1.29 is 14.3 Å². The van der Waals surface area contributed by atoms with Gasteiger partial charge in [0, 0.05) is 18.8 Å². The second-order valence-electron chi connectivity index (χ2n) is 7.01. The summed E-state index contributed by atoms with van der Waals surface area (Å²) in [5.74, 6) is 0.982. The minimum Gasteiger partial charge on any atom is -0.482 e. The number of rotatable bonds is 3. The SMILES string of the molecule is CC1Oc2ccccc2OC1C(=O)Nc1ccc(N2CCCCC2)c(Cl)c1. The number of piperidine rings is 1. The summed E-state index contributed by atoms with van der Waals surface area (Å²) in [6.07, 6.45) is 2.54. The Morgan fingerprint density at radius 2 is 1.78 bits per heavy atom. The molecule has 1 fully saturated rings. The smallest absolute Gasteiger partial charge is 0.269 e. The third-order valence-corrected chi connectivity index (χ3v) is 5.32. The molecule has 0 saturated carbocycles. The molecule has 27 heavy (non-hydrogen) atoms. The van der Waals surface area contributed by atoms with Crippen LogP contribution in [0, 0.1) is 0 Å². The summed E-state index contributed by atoms with van der Waals surface area (Å²) in [6, 6.07) is 13.0. The molecule has 142 valence electrons. The number of nitrogens with one attached hydrogen (secondary N) is 1. The number of halogens is 1. The Hall–Kier alpha value is -2.40. The van der Waals surface area contributed by atoms with E-state index in [4.69, 9.17) is 21.1 Å². The van der Waals surface area contributed by atoms with Crippen molar-refractivity contribution in [3.8, 4) is 11.5 Å². The first-order valence-electron chi connectivity index (χ1n) is 9.39. The van der Waals surface area contributed by atoms with E-state index >= 15 is 0 Å². The maximum absolute atomic E-state index is 12.7. The molecule has 0 bridgehead atoms. The van der Waals surface area contributed by atoms with Crippen molar-refractivity contribution in [2.45, 2.75) is 38.4 Å². The monoisotopic (exact) mass is 386 g/mol. The number of benzene rings is 2. The average Bonchev–Trinajstić information content (AvgIpc) is 2.68. The largest absolute Gasteiger partial charge is 0.482 e. The zero-order chi connectivity index (χ0) is 18.8. The fourth-order valence-electron chi connectivity index (χ4n) is 3.60. The highest BCUT2D eigenvalue weighted by molar-refractivity contribution is 6.33. The molecule has 1 saturated heterocycles. The lowest BCUT2D eigenvalue weighted by molar-refractivity contribution is -0.128. The van der Waals surface area contributed by atoms with Gasteiger partial charge in [-0.2, -0.15) is 0 Å². The number of nitrogens with zero attached hydrogens (tertiary/aromatic N) is 1. The van der Waals surface area contributed by atoms with Gasteiger partial charge in [-0.15, -0.1) is 0 Å². The van der Waals surface area contributed by atoms with Crippen molar-refractivity contribution in [2.24, 2.45) is 0 Å². The summed E-state index contributed by atoms with van der Waals surface area (Å²) in [4.78, 5) is 15.0. The Morgan fingerprint density at radius 1 is 1.07 bits per heavy atom. The summed E-state index contributed by atoms with van der Waals surface area (Å²) in [7, 11) is 0. The van der Waals surface area contributed by atoms with Gasteiger partial charge in [-0.05, 0) is 56.5 Å². The first-order valence-corrected chi connectivity index (χ1v) is 9.77. The lowest BCUT2D eigenvalue weighted by atomic mass is 10.1. The van der Waals surface area contributed by atoms with E-state index in [1.807, 2.05) is 37.3 Å². The highest BCUT2D eigenvalue weighted by Crippen LogP contribution is 2.34. The zero-order valence-corrected chi connectivity index (χ0v) is 16.0. The van der Waals surface area contributed by atoms with Gasteiger partial charge in [0.15, 0.2) is 11.5 Å². The summed E-state index contributed by atoms with van der Waals surface area (Å²) in [5.41, 5.74) is 1.68. The molecule has 2 aliphatic heterocycles. The number of fused-ring (bicyclic) bond motifs is 1. The number of carbonyl (C=O) groups excluding carboxylic acids is 1. The Balaban J connectivity index is 1.46. The normalized spacial score (nSPS) is 21.6. The van der Waals surface area contributed by atoms with Crippen LogP contribution in [0.5, 0.6) is 11.5 Å². The molecular weight excluding hydrogens is 364 g/mol. The Kier molecular flexibility index (Phi) is 5.12. The van der Waals surface area contributed by atoms with Gasteiger partial charge in [-0.25, -0.2) is 0 Å². The fourth-order valence-corrected chi connectivity index (χ4v) is 3.90. The Bertz CT molecular complexity index is 836. The highest BCUT2D eigenvalue weighted by atomic mass is 35.5. The van der Waals surface area contributed by atoms with Crippen molar-refractivity contribution >= 4 is 28.9 Å². The quantitative estimate of drug-likeness (QED) is 0.843. The Labute approximate surface area is 164 Å². The van der Waals surface area contributed by atoms with E-state index in [-0.39, 0.29) is 12.0 Å². The predicted molar refractivity (Wildman–Crippen MR) is 107 cm³/mol. The van der Waals surface area contributed by atoms with Crippen LogP contribution in [-0.4, -0.2) is 31.2 Å². The maximum Gasteiger partial charge on any atom is 0.269 e. The molecule has 0 radical (unpaired) electrons. The van der Waals surface area contributed by atoms with Gasteiger partial charge in [-0.3, -0.25) is 4.79 Å². The van der Waals surface area contributed by atoms with Crippen LogP contribution in [-0.2, 0) is 4.79 Å². The molecule has 2 aromatic carbocycles. The van der Waals surface area contributed by atoms with Crippen LogP contribution in [0.3, 0.4) is 0 Å². The molecule has 2 atom stereocenters. The molecule has 5 nitrogen and oxygen atoms in total. The summed E-state index contributed by atoms with van der Waals surface area (Å²) in [5, 5.41) is 3.54. The van der Waals surface area contributed by atoms with E-state index in [1.54, 1.807) is 12.1 Å². The number of para-hydroxylation sites is 2. The molecule has 2 unspecified atom stereocenters. The van der Waals surface area contributed by atoms with E-state index in [0.29, 0.717) is 22.2 Å². The highest BCUT2D eigenvalue weighted by Gasteiger charge is 2.34. The van der Waals surface area contributed by atoms with Crippen LogP contribution in [0.4, 0.5) is 11.4 Å². The molecule has 2 heterocycles. The molecule has 6 heteroatoms. The third kappa shape index (κ3) is 3.83. The number of hydrogen-bond donors (Lipinski definition) is 1. The van der Waals surface area contributed by atoms with Crippen molar-refractivity contribution in [1.29, 1.82) is 0 Å². The maximum atomic E-state index is 12.7. The van der Waals surface area contributed by atoms with Gasteiger partial charge < -0.3 is 19.7 Å². The van der Waals surface area contributed by atoms with Crippen LogP contribution >= 0.6 is 11.6 Å². The van der Waals surface area contributed by atoms with Gasteiger partial charge in [0.05, 0.1) is 10.7 Å². The van der Waals surface area contributed by atoms with Crippen LogP contribution in [0.1, 0.15) is 26.2 Å². The molecule has 0 aromatic heterocycles. The average molecular weight is 387 g/mol. The number of carbonyl (C=O) groups is 1. The van der Waals surface area contributed by atoms with E-state index in [1.165, 1.54) is 19.3 Å². The van der Waals surface area contributed by atoms with Crippen molar-refractivity contribution in [3.63, 3.8) is 0 Å². The van der Waals surface area contributed by atoms with Crippen molar-refractivity contribution in [3.05, 3.63) is 47.5 Å². The van der Waals surface area contributed by atoms with E-state index in [0.717, 1.165) is 18.8 Å². The minimum atomic E-state index is -0.722. The summed E-state index contributed by atoms with van der Waals surface area (Å²) >= 11 is 6.48. The summed E-state index contributed by atoms with van der Waals surface area (Å²) in [6.45, 7) is 3.87. The van der Waals surface area contributed by atoms with E-state index in [2.05, 4.69) is 10.2 Å². The van der Waals surface area contributed by atoms with Gasteiger partial charge in [-0.1, -0.05) is 23.7 Å². The number of amides is 1. The number of anilines is 2. The lowest BCUT2D eigenvalue weighted by Gasteiger charge is -2.31. The van der Waals surface area contributed by atoms with Crippen molar-refractivity contribution in [2.75, 3.05) is 23.3 Å². The van der Waals surface area contributed by atoms with E-state index in [9.17, 15) is 4.79 Å². The molecule has 2 aliphatic rings. The van der Waals surface area contributed by atoms with E-state index < -0.39 is 6.10 Å². The lowest BCUT2D eigenvalue weighted by Crippen LogP contribution is -2.46. The standard InChI is InChI=1S/C21H23ClN2O3/c1-14-20(27-19-8-4-3-7-18(19)26-14)21(25)23-15-9-10-17(16(22)13-15)24-11-5-2-6-12-24/h3-4,7-10,13-14,20H,2,5-6,11-12H2,1H3,(H,23,25). The molecule has 4 rings (SSSR count). The fraction of sp³-hybridized carbons (Fsp3) is 0.381. The van der Waals surface area contributed by atoms with Crippen molar-refractivity contribution in [1.82, 2.24) is 0 Å². The minimum absolute atomic E-state index is 0.251. The van der Waals surface area contributed by atoms with Gasteiger partial charge in [0.1, 0.15) is 6.10 Å². The molecule has 0 spiro atoms. The molecular formula is C21H23ClN2O3. The first-order chi connectivity index (χ1) is 13.1. The second-order valence-corrected chi connectivity index (χ2v) is 7.42. The third-order valence-electron chi connectivity index (χ3n) is 5.01. The first kappa shape index (κ1) is 18.0. The van der Waals surface area contributed by atoms with Gasteiger partial charge >= 0.3 is 0 Å². The van der Waals surface area contributed by atoms with Gasteiger partial charge in [0.25, 0.3) is 5.91 Å². The summed E-state index contributed by atoms with van der Waals surface area (Å²) < 4.78 is 11.7. The van der Waals surface area contributed by atoms with Gasteiger partial charge in [0.2, 0.25) is 6.10 Å². The molecule has 1 N–H and O–H groups in total. The molecule has 1 amide bonds. The topological polar surface area (TPSA) is 50.8 Å². The number of ether oxygens (including phenoxy) is 2. The second kappa shape index (κ2) is 7.69.